The summed E-state index contributed by atoms with van der Waals surface area (Å²) in [7, 11) is 0. The van der Waals surface area contributed by atoms with Gasteiger partial charge in [0.1, 0.15) is 5.69 Å². The van der Waals surface area contributed by atoms with E-state index in [0.29, 0.717) is 43.3 Å². The Labute approximate surface area is 105 Å². The summed E-state index contributed by atoms with van der Waals surface area (Å²) < 4.78 is 6.82. The molecule has 1 aliphatic rings. The maximum atomic E-state index is 12.5. The van der Waals surface area contributed by atoms with Crippen molar-refractivity contribution in [2.45, 2.75) is 31.8 Å². The first kappa shape index (κ1) is 12.5. The fraction of sp³-hybridized carbons (Fsp3) is 0.636. The minimum atomic E-state index is -0.866. The molecule has 2 heterocycles. The lowest BCUT2D eigenvalue weighted by atomic mass is 9.85. The topological polar surface area (TPSA) is 70.1 Å². The molecule has 0 amide bonds. The molecule has 0 aromatic carbocycles. The van der Waals surface area contributed by atoms with Gasteiger partial charge in [-0.15, -0.1) is 0 Å². The van der Waals surface area contributed by atoms with E-state index < -0.39 is 5.54 Å². The monoisotopic (exact) mass is 257 g/mol. The highest BCUT2D eigenvalue weighted by atomic mass is 35.5. The number of Topliss-reactive ketones (excluding diaryl/α,β-unsaturated/α-hetero) is 1. The van der Waals surface area contributed by atoms with Crippen molar-refractivity contribution in [3.05, 3.63) is 16.9 Å². The first-order valence-electron chi connectivity index (χ1n) is 5.71. The van der Waals surface area contributed by atoms with Crippen LogP contribution in [-0.4, -0.2) is 34.3 Å². The van der Waals surface area contributed by atoms with Crippen LogP contribution in [0.25, 0.3) is 0 Å². The van der Waals surface area contributed by atoms with Crippen LogP contribution in [0.4, 0.5) is 0 Å². The first-order valence-corrected chi connectivity index (χ1v) is 6.09. The van der Waals surface area contributed by atoms with Crippen molar-refractivity contribution in [3.8, 4) is 0 Å². The molecule has 2 rings (SSSR count). The molecule has 0 bridgehead atoms. The molecule has 0 radical (unpaired) electrons. The van der Waals surface area contributed by atoms with Crippen molar-refractivity contribution in [1.29, 1.82) is 0 Å². The van der Waals surface area contributed by atoms with Crippen LogP contribution in [0, 0.1) is 0 Å². The Morgan fingerprint density at radius 2 is 2.29 bits per heavy atom. The smallest absolute Gasteiger partial charge is 0.202 e. The van der Waals surface area contributed by atoms with Crippen molar-refractivity contribution in [2.75, 3.05) is 13.2 Å². The highest BCUT2D eigenvalue weighted by molar-refractivity contribution is 6.34. The van der Waals surface area contributed by atoms with Crippen LogP contribution in [0.5, 0.6) is 0 Å². The van der Waals surface area contributed by atoms with Crippen molar-refractivity contribution >= 4 is 17.4 Å². The standard InChI is InChI=1S/C11H16ClN3O2/c1-2-15-9(8(12)7-14-15)10(16)11(13)3-5-17-6-4-11/h7H,2-6,13H2,1H3. The molecule has 1 aliphatic heterocycles. The van der Waals surface area contributed by atoms with Gasteiger partial charge >= 0.3 is 0 Å². The van der Waals surface area contributed by atoms with Gasteiger partial charge in [0, 0.05) is 19.8 Å². The number of carbonyl (C=O) groups excluding carboxylic acids is 1. The third kappa shape index (κ3) is 2.22. The summed E-state index contributed by atoms with van der Waals surface area (Å²) in [4.78, 5) is 12.5. The van der Waals surface area contributed by atoms with Gasteiger partial charge in [0.2, 0.25) is 5.78 Å². The second-order valence-electron chi connectivity index (χ2n) is 4.25. The highest BCUT2D eigenvalue weighted by Crippen LogP contribution is 2.26. The van der Waals surface area contributed by atoms with E-state index in [4.69, 9.17) is 22.1 Å². The van der Waals surface area contributed by atoms with Gasteiger partial charge in [0.25, 0.3) is 0 Å². The van der Waals surface area contributed by atoms with Crippen LogP contribution in [0.2, 0.25) is 5.02 Å². The number of ether oxygens (including phenoxy) is 1. The zero-order chi connectivity index (χ0) is 12.5. The fourth-order valence-corrected chi connectivity index (χ4v) is 2.25. The molecule has 1 fully saturated rings. The molecule has 6 heteroatoms. The lowest BCUT2D eigenvalue weighted by Crippen LogP contribution is -2.52. The largest absolute Gasteiger partial charge is 0.381 e. The third-order valence-corrected chi connectivity index (χ3v) is 3.42. The maximum Gasteiger partial charge on any atom is 0.202 e. The van der Waals surface area contributed by atoms with Gasteiger partial charge in [-0.25, -0.2) is 0 Å². The number of aryl methyl sites for hydroxylation is 1. The van der Waals surface area contributed by atoms with E-state index in [2.05, 4.69) is 5.10 Å². The number of carbonyl (C=O) groups is 1. The molecular weight excluding hydrogens is 242 g/mol. The maximum absolute atomic E-state index is 12.5. The molecule has 17 heavy (non-hydrogen) atoms. The van der Waals surface area contributed by atoms with Gasteiger partial charge in [-0.1, -0.05) is 11.6 Å². The molecule has 0 atom stereocenters. The van der Waals surface area contributed by atoms with Gasteiger partial charge in [0.05, 0.1) is 16.8 Å². The van der Waals surface area contributed by atoms with Crippen molar-refractivity contribution < 1.29 is 9.53 Å². The number of hydrogen-bond donors (Lipinski definition) is 1. The number of nitrogens with zero attached hydrogens (tertiary/aromatic N) is 2. The minimum Gasteiger partial charge on any atom is -0.381 e. The summed E-state index contributed by atoms with van der Waals surface area (Å²) >= 11 is 6.01. The predicted octanol–water partition coefficient (Wildman–Crippen LogP) is 1.25. The van der Waals surface area contributed by atoms with Crippen LogP contribution in [0.15, 0.2) is 6.20 Å². The molecule has 0 unspecified atom stereocenters. The first-order chi connectivity index (χ1) is 8.08. The number of ketones is 1. The van der Waals surface area contributed by atoms with Crippen LogP contribution >= 0.6 is 11.6 Å². The summed E-state index contributed by atoms with van der Waals surface area (Å²) in [6.07, 6.45) is 2.54. The fourth-order valence-electron chi connectivity index (χ4n) is 2.03. The van der Waals surface area contributed by atoms with Gasteiger partial charge in [-0.3, -0.25) is 9.48 Å². The van der Waals surface area contributed by atoms with E-state index in [0.717, 1.165) is 0 Å². The zero-order valence-electron chi connectivity index (χ0n) is 9.78. The highest BCUT2D eigenvalue weighted by Gasteiger charge is 2.39. The average molecular weight is 258 g/mol. The number of aromatic nitrogens is 2. The molecular formula is C11H16ClN3O2. The van der Waals surface area contributed by atoms with Crippen LogP contribution < -0.4 is 5.73 Å². The SMILES string of the molecule is CCn1ncc(Cl)c1C(=O)C1(N)CCOCC1. The van der Waals surface area contributed by atoms with E-state index in [-0.39, 0.29) is 5.78 Å². The van der Waals surface area contributed by atoms with E-state index in [1.54, 1.807) is 4.68 Å². The van der Waals surface area contributed by atoms with Crippen molar-refractivity contribution in [1.82, 2.24) is 9.78 Å². The number of halogens is 1. The zero-order valence-corrected chi connectivity index (χ0v) is 10.5. The Morgan fingerprint density at radius 1 is 1.65 bits per heavy atom. The number of rotatable bonds is 3. The molecule has 0 spiro atoms. The molecule has 1 saturated heterocycles. The lowest BCUT2D eigenvalue weighted by molar-refractivity contribution is 0.0441. The Hall–Kier alpha value is -0.910. The number of nitrogens with two attached hydrogens (primary N) is 1. The Kier molecular flexibility index (Phi) is 3.51. The Balaban J connectivity index is 2.32. The normalized spacial score (nSPS) is 19.2. The molecule has 0 aliphatic carbocycles. The average Bonchev–Trinajstić information content (AvgIpc) is 2.70. The molecule has 0 saturated carbocycles. The second kappa shape index (κ2) is 4.76. The van der Waals surface area contributed by atoms with Crippen LogP contribution in [-0.2, 0) is 11.3 Å². The van der Waals surface area contributed by atoms with Crippen LogP contribution in [0.1, 0.15) is 30.3 Å². The van der Waals surface area contributed by atoms with E-state index in [1.165, 1.54) is 6.20 Å². The molecule has 5 nitrogen and oxygen atoms in total. The lowest BCUT2D eigenvalue weighted by Gasteiger charge is -2.31. The third-order valence-electron chi connectivity index (χ3n) is 3.15. The van der Waals surface area contributed by atoms with E-state index >= 15 is 0 Å². The number of hydrogen-bond acceptors (Lipinski definition) is 4. The van der Waals surface area contributed by atoms with Crippen molar-refractivity contribution in [2.24, 2.45) is 5.73 Å². The summed E-state index contributed by atoms with van der Waals surface area (Å²) in [6.45, 7) is 3.54. The summed E-state index contributed by atoms with van der Waals surface area (Å²) in [5.41, 5.74) is 5.71. The second-order valence-corrected chi connectivity index (χ2v) is 4.66. The van der Waals surface area contributed by atoms with Crippen molar-refractivity contribution in [3.63, 3.8) is 0 Å². The van der Waals surface area contributed by atoms with Gasteiger partial charge in [0.15, 0.2) is 0 Å². The van der Waals surface area contributed by atoms with Crippen LogP contribution in [0.3, 0.4) is 0 Å². The summed E-state index contributed by atoms with van der Waals surface area (Å²) in [5.74, 6) is -0.134. The summed E-state index contributed by atoms with van der Waals surface area (Å²) in [6, 6.07) is 0. The predicted molar refractivity (Wildman–Crippen MR) is 64.2 cm³/mol. The minimum absolute atomic E-state index is 0.134. The van der Waals surface area contributed by atoms with Gasteiger partial charge < -0.3 is 10.5 Å². The Bertz CT molecular complexity index is 424. The molecule has 2 N–H and O–H groups in total. The molecule has 1 aromatic rings. The van der Waals surface area contributed by atoms with Gasteiger partial charge in [-0.05, 0) is 19.8 Å². The molecule has 1 aromatic heterocycles. The Morgan fingerprint density at radius 3 is 2.88 bits per heavy atom. The molecule has 94 valence electrons. The van der Waals surface area contributed by atoms with E-state index in [9.17, 15) is 4.79 Å². The quantitative estimate of drug-likeness (QED) is 0.828. The summed E-state index contributed by atoms with van der Waals surface area (Å²) in [5, 5.41) is 4.43. The van der Waals surface area contributed by atoms with Gasteiger partial charge in [-0.2, -0.15) is 5.10 Å². The van der Waals surface area contributed by atoms with E-state index in [1.807, 2.05) is 6.92 Å².